The number of piperidine rings is 1. The van der Waals surface area contributed by atoms with E-state index in [-0.39, 0.29) is 27.6 Å². The minimum atomic E-state index is -3.70. The number of likely N-dealkylation sites (N-methyl/N-ethyl adjacent to an activating group) is 1. The minimum absolute atomic E-state index is 0.00601. The lowest BCUT2D eigenvalue weighted by Crippen LogP contribution is -2.35. The number of hydrogen-bond donors (Lipinski definition) is 0. The number of carbonyl (C=O) groups excluding carboxylic acids is 2. The molecule has 172 valence electrons. The highest BCUT2D eigenvalue weighted by Gasteiger charge is 2.27. The molecule has 0 aromatic heterocycles. The number of esters is 1. The van der Waals surface area contributed by atoms with Gasteiger partial charge in [0.15, 0.2) is 6.61 Å². The monoisotopic (exact) mass is 482 g/mol. The van der Waals surface area contributed by atoms with Crippen molar-refractivity contribution in [1.82, 2.24) is 9.21 Å². The third-order valence-corrected chi connectivity index (χ3v) is 7.48. The molecule has 1 amide bonds. The molecule has 1 aliphatic rings. The standard InChI is InChI=1S/C22H24ClFN2O5S/c1-25(14-18-19(23)9-6-10-20(18)24)21(27)15-31-22(28)16-7-5-8-17(13-16)32(29,30)26-11-3-2-4-12-26/h5-10,13H,2-4,11-12,14-15H2,1H3. The van der Waals surface area contributed by atoms with Crippen molar-refractivity contribution >= 4 is 33.5 Å². The van der Waals surface area contributed by atoms with Crippen molar-refractivity contribution in [2.45, 2.75) is 30.7 Å². The van der Waals surface area contributed by atoms with E-state index in [9.17, 15) is 22.4 Å². The van der Waals surface area contributed by atoms with Gasteiger partial charge in [-0.3, -0.25) is 4.79 Å². The summed E-state index contributed by atoms with van der Waals surface area (Å²) in [7, 11) is -2.27. The molecule has 0 unspecified atom stereocenters. The van der Waals surface area contributed by atoms with E-state index in [4.69, 9.17) is 16.3 Å². The number of rotatable bonds is 7. The molecule has 0 atom stereocenters. The Labute approximate surface area is 191 Å². The summed E-state index contributed by atoms with van der Waals surface area (Å²) in [4.78, 5) is 25.9. The van der Waals surface area contributed by atoms with E-state index in [0.717, 1.165) is 19.3 Å². The van der Waals surface area contributed by atoms with Crippen LogP contribution in [0, 0.1) is 5.82 Å². The van der Waals surface area contributed by atoms with Crippen LogP contribution in [0.5, 0.6) is 0 Å². The smallest absolute Gasteiger partial charge is 0.338 e. The summed E-state index contributed by atoms with van der Waals surface area (Å²) < 4.78 is 46.0. The summed E-state index contributed by atoms with van der Waals surface area (Å²) in [6, 6.07) is 9.78. The predicted molar refractivity (Wildman–Crippen MR) is 117 cm³/mol. The van der Waals surface area contributed by atoms with Crippen LogP contribution in [0.4, 0.5) is 4.39 Å². The first-order valence-corrected chi connectivity index (χ1v) is 12.0. The maximum absolute atomic E-state index is 13.9. The lowest BCUT2D eigenvalue weighted by atomic mass is 10.2. The zero-order valence-electron chi connectivity index (χ0n) is 17.6. The van der Waals surface area contributed by atoms with Crippen LogP contribution in [0.25, 0.3) is 0 Å². The number of sulfonamides is 1. The molecule has 2 aromatic rings. The van der Waals surface area contributed by atoms with Crippen molar-refractivity contribution in [3.63, 3.8) is 0 Å². The Morgan fingerprint density at radius 1 is 1.12 bits per heavy atom. The maximum Gasteiger partial charge on any atom is 0.338 e. The zero-order valence-corrected chi connectivity index (χ0v) is 19.2. The molecule has 2 aromatic carbocycles. The van der Waals surface area contributed by atoms with Gasteiger partial charge in [-0.05, 0) is 43.2 Å². The van der Waals surface area contributed by atoms with Gasteiger partial charge in [0.2, 0.25) is 10.0 Å². The van der Waals surface area contributed by atoms with Gasteiger partial charge in [-0.1, -0.05) is 30.2 Å². The van der Waals surface area contributed by atoms with Crippen molar-refractivity contribution in [3.8, 4) is 0 Å². The molecule has 1 saturated heterocycles. The third-order valence-electron chi connectivity index (χ3n) is 5.23. The van der Waals surface area contributed by atoms with Crippen molar-refractivity contribution in [2.75, 3.05) is 26.7 Å². The average Bonchev–Trinajstić information content (AvgIpc) is 2.80. The number of benzene rings is 2. The Balaban J connectivity index is 1.62. The van der Waals surface area contributed by atoms with E-state index in [0.29, 0.717) is 13.1 Å². The van der Waals surface area contributed by atoms with Crippen molar-refractivity contribution in [2.24, 2.45) is 0 Å². The highest BCUT2D eigenvalue weighted by molar-refractivity contribution is 7.89. The van der Waals surface area contributed by atoms with Gasteiger partial charge in [-0.2, -0.15) is 4.31 Å². The van der Waals surface area contributed by atoms with Crippen LogP contribution < -0.4 is 0 Å². The number of nitrogens with zero attached hydrogens (tertiary/aromatic N) is 2. The molecule has 0 spiro atoms. The predicted octanol–water partition coefficient (Wildman–Crippen LogP) is 3.47. The van der Waals surface area contributed by atoms with Gasteiger partial charge in [-0.15, -0.1) is 0 Å². The second kappa shape index (κ2) is 10.4. The van der Waals surface area contributed by atoms with Crippen LogP contribution >= 0.6 is 11.6 Å². The van der Waals surface area contributed by atoms with Gasteiger partial charge in [0, 0.05) is 37.3 Å². The van der Waals surface area contributed by atoms with Crippen LogP contribution in [0.3, 0.4) is 0 Å². The first-order chi connectivity index (χ1) is 15.2. The number of halogens is 2. The quantitative estimate of drug-likeness (QED) is 0.564. The van der Waals surface area contributed by atoms with Gasteiger partial charge in [0.05, 0.1) is 10.5 Å². The van der Waals surface area contributed by atoms with Crippen molar-refractivity contribution in [3.05, 3.63) is 64.4 Å². The van der Waals surface area contributed by atoms with Crippen LogP contribution in [-0.2, 0) is 26.1 Å². The lowest BCUT2D eigenvalue weighted by molar-refractivity contribution is -0.133. The fourth-order valence-electron chi connectivity index (χ4n) is 3.37. The summed E-state index contributed by atoms with van der Waals surface area (Å²) in [6.07, 6.45) is 2.59. The molecule has 0 bridgehead atoms. The second-order valence-corrected chi connectivity index (χ2v) is 9.86. The maximum atomic E-state index is 13.9. The Morgan fingerprint density at radius 2 is 1.81 bits per heavy atom. The van der Waals surface area contributed by atoms with Gasteiger partial charge in [0.1, 0.15) is 5.82 Å². The fraction of sp³-hybridized carbons (Fsp3) is 0.364. The van der Waals surface area contributed by atoms with E-state index in [1.165, 1.54) is 58.7 Å². The Hall–Kier alpha value is -2.49. The molecule has 0 N–H and O–H groups in total. The Morgan fingerprint density at radius 3 is 2.50 bits per heavy atom. The summed E-state index contributed by atoms with van der Waals surface area (Å²) >= 11 is 5.98. The highest BCUT2D eigenvalue weighted by Crippen LogP contribution is 2.22. The number of carbonyl (C=O) groups is 2. The van der Waals surface area contributed by atoms with E-state index in [1.807, 2.05) is 0 Å². The Bertz CT molecular complexity index is 1080. The largest absolute Gasteiger partial charge is 0.452 e. The van der Waals surface area contributed by atoms with E-state index >= 15 is 0 Å². The molecule has 1 aliphatic heterocycles. The first kappa shape index (κ1) is 24.2. The molecular weight excluding hydrogens is 459 g/mol. The second-order valence-electron chi connectivity index (χ2n) is 7.52. The SMILES string of the molecule is CN(Cc1c(F)cccc1Cl)C(=O)COC(=O)c1cccc(S(=O)(=O)N2CCCCC2)c1. The van der Waals surface area contributed by atoms with Crippen molar-refractivity contribution in [1.29, 1.82) is 0 Å². The summed E-state index contributed by atoms with van der Waals surface area (Å²) in [5, 5.41) is 0.188. The number of amides is 1. The molecular formula is C22H24ClFN2O5S. The normalized spacial score (nSPS) is 14.7. The topological polar surface area (TPSA) is 84.0 Å². The van der Waals surface area contributed by atoms with Crippen LogP contribution in [0.15, 0.2) is 47.4 Å². The molecule has 1 heterocycles. The first-order valence-electron chi connectivity index (χ1n) is 10.1. The average molecular weight is 483 g/mol. The molecule has 1 fully saturated rings. The molecule has 10 heteroatoms. The molecule has 3 rings (SSSR count). The van der Waals surface area contributed by atoms with E-state index in [2.05, 4.69) is 0 Å². The summed E-state index contributed by atoms with van der Waals surface area (Å²) in [5.74, 6) is -1.93. The number of ether oxygens (including phenoxy) is 1. The summed E-state index contributed by atoms with van der Waals surface area (Å²) in [6.45, 7) is 0.226. The lowest BCUT2D eigenvalue weighted by Gasteiger charge is -2.26. The van der Waals surface area contributed by atoms with Crippen LogP contribution in [0.2, 0.25) is 5.02 Å². The fourth-order valence-corrected chi connectivity index (χ4v) is 5.15. The van der Waals surface area contributed by atoms with Crippen molar-refractivity contribution < 1.29 is 27.1 Å². The highest BCUT2D eigenvalue weighted by atomic mass is 35.5. The van der Waals surface area contributed by atoms with E-state index in [1.54, 1.807) is 0 Å². The molecule has 0 aliphatic carbocycles. The van der Waals surface area contributed by atoms with Crippen LogP contribution in [-0.4, -0.2) is 56.2 Å². The number of hydrogen-bond acceptors (Lipinski definition) is 5. The molecule has 7 nitrogen and oxygen atoms in total. The minimum Gasteiger partial charge on any atom is -0.452 e. The molecule has 0 saturated carbocycles. The molecule has 0 radical (unpaired) electrons. The summed E-state index contributed by atoms with van der Waals surface area (Å²) in [5.41, 5.74) is 0.183. The van der Waals surface area contributed by atoms with Gasteiger partial charge >= 0.3 is 5.97 Å². The van der Waals surface area contributed by atoms with E-state index < -0.39 is 34.3 Å². The zero-order chi connectivity index (χ0) is 23.3. The van der Waals surface area contributed by atoms with Gasteiger partial charge < -0.3 is 9.64 Å². The van der Waals surface area contributed by atoms with Crippen LogP contribution in [0.1, 0.15) is 35.2 Å². The molecule has 32 heavy (non-hydrogen) atoms. The Kier molecular flexibility index (Phi) is 7.86. The van der Waals surface area contributed by atoms with Gasteiger partial charge in [-0.25, -0.2) is 17.6 Å². The third kappa shape index (κ3) is 5.65. The van der Waals surface area contributed by atoms with Gasteiger partial charge in [0.25, 0.3) is 5.91 Å².